The number of carbonyl (C=O) groups is 2. The maximum Gasteiger partial charge on any atom is 0.321 e. The summed E-state index contributed by atoms with van der Waals surface area (Å²) >= 11 is 0. The molecule has 132 valence electrons. The van der Waals surface area contributed by atoms with Gasteiger partial charge in [0.15, 0.2) is 0 Å². The Hall–Kier alpha value is -2.00. The minimum Gasteiger partial charge on any atom is -0.468 e. The third kappa shape index (κ3) is 3.73. The average molecular weight is 358 g/mol. The molecule has 0 fully saturated rings. The zero-order chi connectivity index (χ0) is 17.9. The van der Waals surface area contributed by atoms with E-state index in [2.05, 4.69) is 10.1 Å². The van der Waals surface area contributed by atoms with Crippen LogP contribution in [0.2, 0.25) is 0 Å². The lowest BCUT2D eigenvalue weighted by molar-refractivity contribution is -0.140. The van der Waals surface area contributed by atoms with Crippen molar-refractivity contribution in [2.75, 3.05) is 25.5 Å². The number of carbonyl (C=O) groups excluding carboxylic acids is 2. The number of rotatable bonds is 6. The summed E-state index contributed by atoms with van der Waals surface area (Å²) in [7, 11) is -3.05. The highest BCUT2D eigenvalue weighted by atomic mass is 32.2. The fourth-order valence-electron chi connectivity index (χ4n) is 2.46. The number of hydrogen-bond donors (Lipinski definition) is 1. The van der Waals surface area contributed by atoms with Crippen molar-refractivity contribution >= 4 is 27.6 Å². The molecule has 0 saturated heterocycles. The summed E-state index contributed by atoms with van der Waals surface area (Å²) in [5, 5.41) is 2.51. The molecule has 0 unspecified atom stereocenters. The van der Waals surface area contributed by atoms with Gasteiger partial charge in [-0.05, 0) is 30.5 Å². The first kappa shape index (κ1) is 18.3. The molecule has 1 aromatic carbocycles. The summed E-state index contributed by atoms with van der Waals surface area (Å²) in [4.78, 5) is 22.3. The summed E-state index contributed by atoms with van der Waals surface area (Å²) in [5.74, 6) is -1.93. The molecule has 1 aliphatic heterocycles. The largest absolute Gasteiger partial charge is 0.468 e. The van der Waals surface area contributed by atoms with E-state index in [9.17, 15) is 22.4 Å². The zero-order valence-electron chi connectivity index (χ0n) is 13.5. The standard InChI is InChI=1S/C15H19FN2O5S/c1-3-6-18(9-15(20)23-2)24(21,22)13-7-10-4-5-14(19)17-12(10)8-11(13)16/h7-8H,3-6,9H2,1-2H3,(H,17,19). The molecule has 7 nitrogen and oxygen atoms in total. The number of sulfonamides is 1. The van der Waals surface area contributed by atoms with Gasteiger partial charge in [-0.3, -0.25) is 9.59 Å². The third-order valence-corrected chi connectivity index (χ3v) is 5.54. The lowest BCUT2D eigenvalue weighted by Crippen LogP contribution is -2.37. The molecular formula is C15H19FN2O5S. The number of amides is 1. The lowest BCUT2D eigenvalue weighted by atomic mass is 10.0. The predicted octanol–water partition coefficient (Wildman–Crippen LogP) is 1.28. The van der Waals surface area contributed by atoms with E-state index >= 15 is 0 Å². The molecule has 0 aliphatic carbocycles. The van der Waals surface area contributed by atoms with E-state index in [1.54, 1.807) is 6.92 Å². The van der Waals surface area contributed by atoms with Gasteiger partial charge in [0.25, 0.3) is 0 Å². The Morgan fingerprint density at radius 3 is 2.71 bits per heavy atom. The summed E-state index contributed by atoms with van der Waals surface area (Å²) < 4.78 is 45.2. The number of anilines is 1. The number of hydrogen-bond acceptors (Lipinski definition) is 5. The van der Waals surface area contributed by atoms with Gasteiger partial charge in [-0.25, -0.2) is 12.8 Å². The molecule has 1 amide bonds. The van der Waals surface area contributed by atoms with Crippen LogP contribution in [0.5, 0.6) is 0 Å². The first-order valence-electron chi connectivity index (χ1n) is 7.48. The van der Waals surface area contributed by atoms with Crippen LogP contribution in [0.1, 0.15) is 25.3 Å². The van der Waals surface area contributed by atoms with Crippen LogP contribution in [0.3, 0.4) is 0 Å². The van der Waals surface area contributed by atoms with Crippen LogP contribution in [-0.4, -0.2) is 44.8 Å². The van der Waals surface area contributed by atoms with Crippen molar-refractivity contribution in [3.63, 3.8) is 0 Å². The van der Waals surface area contributed by atoms with Gasteiger partial charge < -0.3 is 10.1 Å². The van der Waals surface area contributed by atoms with E-state index in [0.717, 1.165) is 17.5 Å². The number of nitrogens with zero attached hydrogens (tertiary/aromatic N) is 1. The highest BCUT2D eigenvalue weighted by molar-refractivity contribution is 7.89. The third-order valence-electron chi connectivity index (χ3n) is 3.68. The van der Waals surface area contributed by atoms with Crippen LogP contribution in [0, 0.1) is 5.82 Å². The highest BCUT2D eigenvalue weighted by Crippen LogP contribution is 2.29. The number of fused-ring (bicyclic) bond motifs is 1. The monoisotopic (exact) mass is 358 g/mol. The molecule has 0 radical (unpaired) electrons. The first-order valence-corrected chi connectivity index (χ1v) is 8.92. The maximum atomic E-state index is 14.3. The van der Waals surface area contributed by atoms with Gasteiger partial charge in [-0.1, -0.05) is 6.92 Å². The van der Waals surface area contributed by atoms with Crippen molar-refractivity contribution in [3.05, 3.63) is 23.5 Å². The number of nitrogens with one attached hydrogen (secondary N) is 1. The Labute approximate surface area is 139 Å². The Kier molecular flexibility index (Phi) is 5.55. The number of halogens is 1. The number of methoxy groups -OCH3 is 1. The quantitative estimate of drug-likeness (QED) is 0.774. The van der Waals surface area contributed by atoms with Crippen LogP contribution in [0.25, 0.3) is 0 Å². The van der Waals surface area contributed by atoms with E-state index in [-0.39, 0.29) is 24.6 Å². The van der Waals surface area contributed by atoms with E-state index in [4.69, 9.17) is 0 Å². The fraction of sp³-hybridized carbons (Fsp3) is 0.467. The normalized spacial score (nSPS) is 14.2. The second-order valence-electron chi connectivity index (χ2n) is 5.40. The number of ether oxygens (including phenoxy) is 1. The molecule has 1 heterocycles. The average Bonchev–Trinajstić information content (AvgIpc) is 2.53. The van der Waals surface area contributed by atoms with Crippen molar-refractivity contribution in [1.29, 1.82) is 0 Å². The highest BCUT2D eigenvalue weighted by Gasteiger charge is 2.31. The molecule has 1 aromatic rings. The van der Waals surface area contributed by atoms with Gasteiger partial charge >= 0.3 is 5.97 Å². The minimum absolute atomic E-state index is 0.0602. The van der Waals surface area contributed by atoms with E-state index in [0.29, 0.717) is 18.4 Å². The van der Waals surface area contributed by atoms with Gasteiger partial charge in [0.2, 0.25) is 15.9 Å². The zero-order valence-corrected chi connectivity index (χ0v) is 14.3. The molecule has 0 bridgehead atoms. The van der Waals surface area contributed by atoms with Gasteiger partial charge in [-0.15, -0.1) is 0 Å². The molecule has 0 spiro atoms. The minimum atomic E-state index is -4.20. The summed E-state index contributed by atoms with van der Waals surface area (Å²) in [5.41, 5.74) is 0.821. The topological polar surface area (TPSA) is 92.8 Å². The van der Waals surface area contributed by atoms with Gasteiger partial charge in [-0.2, -0.15) is 4.31 Å². The molecule has 24 heavy (non-hydrogen) atoms. The maximum absolute atomic E-state index is 14.3. The Bertz CT molecular complexity index is 763. The van der Waals surface area contributed by atoms with E-state index in [1.807, 2.05) is 0 Å². The summed E-state index contributed by atoms with van der Waals surface area (Å²) in [6, 6.07) is 2.22. The van der Waals surface area contributed by atoms with Gasteiger partial charge in [0.05, 0.1) is 7.11 Å². The van der Waals surface area contributed by atoms with Crippen LogP contribution in [-0.2, 0) is 30.8 Å². The molecular weight excluding hydrogens is 339 g/mol. The molecule has 1 aliphatic rings. The van der Waals surface area contributed by atoms with Crippen LogP contribution < -0.4 is 5.32 Å². The van der Waals surface area contributed by atoms with Crippen LogP contribution in [0.4, 0.5) is 10.1 Å². The van der Waals surface area contributed by atoms with E-state index < -0.39 is 33.3 Å². The number of aryl methyl sites for hydroxylation is 1. The molecule has 0 atom stereocenters. The van der Waals surface area contributed by atoms with Gasteiger partial charge in [0.1, 0.15) is 17.3 Å². The molecule has 0 saturated carbocycles. The van der Waals surface area contributed by atoms with Crippen molar-refractivity contribution in [1.82, 2.24) is 4.31 Å². The second-order valence-corrected chi connectivity index (χ2v) is 7.31. The Balaban J connectivity index is 2.43. The molecule has 2 rings (SSSR count). The smallest absolute Gasteiger partial charge is 0.321 e. The van der Waals surface area contributed by atoms with Crippen molar-refractivity contribution < 1.29 is 27.1 Å². The first-order chi connectivity index (χ1) is 11.3. The van der Waals surface area contributed by atoms with Crippen molar-refractivity contribution in [2.24, 2.45) is 0 Å². The molecule has 1 N–H and O–H groups in total. The predicted molar refractivity (Wildman–Crippen MR) is 84.4 cm³/mol. The Morgan fingerprint density at radius 2 is 2.08 bits per heavy atom. The van der Waals surface area contributed by atoms with Crippen LogP contribution in [0.15, 0.2) is 17.0 Å². The SMILES string of the molecule is CCCN(CC(=O)OC)S(=O)(=O)c1cc2c(cc1F)NC(=O)CC2. The van der Waals surface area contributed by atoms with Gasteiger partial charge in [0, 0.05) is 18.7 Å². The van der Waals surface area contributed by atoms with Crippen molar-refractivity contribution in [2.45, 2.75) is 31.1 Å². The van der Waals surface area contributed by atoms with E-state index in [1.165, 1.54) is 6.07 Å². The fourth-order valence-corrected chi connectivity index (χ4v) is 4.03. The number of benzene rings is 1. The summed E-state index contributed by atoms with van der Waals surface area (Å²) in [6.07, 6.45) is 0.993. The lowest BCUT2D eigenvalue weighted by Gasteiger charge is -2.23. The molecule has 0 aromatic heterocycles. The number of esters is 1. The molecule has 9 heteroatoms. The van der Waals surface area contributed by atoms with Crippen LogP contribution >= 0.6 is 0 Å². The summed E-state index contributed by atoms with van der Waals surface area (Å²) in [6.45, 7) is 1.32. The van der Waals surface area contributed by atoms with Crippen molar-refractivity contribution in [3.8, 4) is 0 Å². The Morgan fingerprint density at radius 1 is 1.38 bits per heavy atom. The second kappa shape index (κ2) is 7.27.